The molecule has 4 aromatic rings. The average Bonchev–Trinajstić information content (AvgIpc) is 3.06. The Bertz CT molecular complexity index is 1640. The quantitative estimate of drug-likeness (QED) is 0.119. The van der Waals surface area contributed by atoms with Crippen molar-refractivity contribution in [3.63, 3.8) is 0 Å². The number of nitrogens with one attached hydrogen (secondary N) is 2. The van der Waals surface area contributed by atoms with E-state index in [0.717, 1.165) is 4.90 Å². The normalized spacial score (nSPS) is 12.4. The fourth-order valence-electron chi connectivity index (χ4n) is 4.84. The summed E-state index contributed by atoms with van der Waals surface area (Å²) >= 11 is 0. The topological polar surface area (TPSA) is 186 Å². The van der Waals surface area contributed by atoms with E-state index in [2.05, 4.69) is 15.6 Å². The van der Waals surface area contributed by atoms with Gasteiger partial charge in [0, 0.05) is 19.3 Å². The molecule has 8 N–H and O–H groups in total. The van der Waals surface area contributed by atoms with Gasteiger partial charge in [-0.05, 0) is 39.9 Å². The summed E-state index contributed by atoms with van der Waals surface area (Å²) in [6, 6.07) is 29.3. The lowest BCUT2D eigenvalue weighted by Gasteiger charge is -2.30. The van der Waals surface area contributed by atoms with Crippen LogP contribution >= 0.6 is 0 Å². The molecule has 2 unspecified atom stereocenters. The zero-order valence-electron chi connectivity index (χ0n) is 25.4. The molecule has 4 amide bonds. The first kappa shape index (κ1) is 33.1. The number of aliphatic imine (C=N–C) groups is 1. The van der Waals surface area contributed by atoms with E-state index in [1.165, 1.54) is 7.05 Å². The second-order valence-electron chi connectivity index (χ2n) is 10.6. The van der Waals surface area contributed by atoms with Crippen LogP contribution in [0.1, 0.15) is 39.9 Å². The van der Waals surface area contributed by atoms with Gasteiger partial charge in [-0.3, -0.25) is 29.1 Å². The molecule has 236 valence electrons. The van der Waals surface area contributed by atoms with Gasteiger partial charge in [0.15, 0.2) is 5.96 Å². The summed E-state index contributed by atoms with van der Waals surface area (Å²) in [5.41, 5.74) is 20.6. The lowest BCUT2D eigenvalue weighted by atomic mass is 10.00. The number of rotatable bonds is 12. The summed E-state index contributed by atoms with van der Waals surface area (Å²) in [4.78, 5) is 58.6. The number of carbonyl (C=O) groups is 4. The van der Waals surface area contributed by atoms with Crippen molar-refractivity contribution in [2.75, 3.05) is 12.4 Å². The van der Waals surface area contributed by atoms with E-state index in [1.54, 1.807) is 97.1 Å². The van der Waals surface area contributed by atoms with Gasteiger partial charge in [0.05, 0.1) is 12.8 Å². The Kier molecular flexibility index (Phi) is 11.3. The van der Waals surface area contributed by atoms with Crippen molar-refractivity contribution in [1.29, 1.82) is 0 Å². The minimum Gasteiger partial charge on any atom is -0.370 e. The van der Waals surface area contributed by atoms with Crippen LogP contribution in [0, 0.1) is 0 Å². The van der Waals surface area contributed by atoms with Crippen molar-refractivity contribution in [3.05, 3.63) is 137 Å². The highest BCUT2D eigenvalue weighted by atomic mass is 16.2. The van der Waals surface area contributed by atoms with Gasteiger partial charge in [0.2, 0.25) is 23.6 Å². The number of imide groups is 1. The smallest absolute Gasteiger partial charge is 0.248 e. The summed E-state index contributed by atoms with van der Waals surface area (Å²) < 4.78 is 0. The van der Waals surface area contributed by atoms with Gasteiger partial charge in [0.1, 0.15) is 12.1 Å². The Balaban J connectivity index is 1.72. The number of carbonyl (C=O) groups excluding carboxylic acids is 4. The Morgan fingerprint density at radius 3 is 1.80 bits per heavy atom. The fourth-order valence-corrected chi connectivity index (χ4v) is 4.84. The Morgan fingerprint density at radius 2 is 1.28 bits per heavy atom. The standard InChI is InChI=1S/C35H37N7O4/c1-39-35(38)41-28-14-8-13-27(21-28)32(34(46)40-22-25-15-17-26(18-16-25)31(36)33(37)45)42(29(43)19-23-9-4-2-5-10-23)30(44)20-24-11-6-3-7-12-24/h2-18,21,31-32H,19-20,22,36H2,1H3,(H2,37,45)(H,40,46)(H3,38,39,41). The maximum absolute atomic E-state index is 14.1. The largest absolute Gasteiger partial charge is 0.370 e. The van der Waals surface area contributed by atoms with E-state index in [-0.39, 0.29) is 25.3 Å². The van der Waals surface area contributed by atoms with E-state index in [9.17, 15) is 19.2 Å². The van der Waals surface area contributed by atoms with Gasteiger partial charge in [-0.2, -0.15) is 0 Å². The van der Waals surface area contributed by atoms with Gasteiger partial charge in [-0.25, -0.2) is 0 Å². The van der Waals surface area contributed by atoms with E-state index in [0.29, 0.717) is 33.5 Å². The van der Waals surface area contributed by atoms with Crippen LogP contribution in [0.15, 0.2) is 114 Å². The lowest BCUT2D eigenvalue weighted by Crippen LogP contribution is -2.48. The van der Waals surface area contributed by atoms with Crippen LogP contribution in [0.2, 0.25) is 0 Å². The third kappa shape index (κ3) is 8.87. The second-order valence-corrected chi connectivity index (χ2v) is 10.6. The van der Waals surface area contributed by atoms with E-state index < -0.39 is 35.7 Å². The number of nitrogens with zero attached hydrogens (tertiary/aromatic N) is 2. The third-order valence-corrected chi connectivity index (χ3v) is 7.27. The number of hydrogen-bond acceptors (Lipinski definition) is 6. The molecule has 0 aliphatic heterocycles. The molecular weight excluding hydrogens is 582 g/mol. The Labute approximate surface area is 267 Å². The number of guanidine groups is 1. The summed E-state index contributed by atoms with van der Waals surface area (Å²) in [6.45, 7) is 0.0718. The van der Waals surface area contributed by atoms with Crippen molar-refractivity contribution in [1.82, 2.24) is 10.2 Å². The molecule has 11 nitrogen and oxygen atoms in total. The predicted octanol–water partition coefficient (Wildman–Crippen LogP) is 2.73. The number of anilines is 1. The molecule has 0 saturated heterocycles. The van der Waals surface area contributed by atoms with E-state index >= 15 is 0 Å². The molecular formula is C35H37N7O4. The number of amides is 4. The average molecular weight is 620 g/mol. The van der Waals surface area contributed by atoms with Crippen LogP contribution in [0.4, 0.5) is 5.69 Å². The van der Waals surface area contributed by atoms with Crippen molar-refractivity contribution < 1.29 is 19.2 Å². The summed E-state index contributed by atoms with van der Waals surface area (Å²) in [6.07, 6.45) is -0.194. The molecule has 0 aliphatic rings. The van der Waals surface area contributed by atoms with Crippen LogP contribution < -0.4 is 27.8 Å². The first-order valence-corrected chi connectivity index (χ1v) is 14.6. The molecule has 0 heterocycles. The first-order valence-electron chi connectivity index (χ1n) is 14.6. The molecule has 0 fully saturated rings. The molecule has 0 saturated carbocycles. The van der Waals surface area contributed by atoms with Crippen molar-refractivity contribution in [2.45, 2.75) is 31.5 Å². The third-order valence-electron chi connectivity index (χ3n) is 7.27. The number of hydrogen-bond donors (Lipinski definition) is 5. The molecule has 0 aliphatic carbocycles. The van der Waals surface area contributed by atoms with Crippen LogP contribution in [0.5, 0.6) is 0 Å². The van der Waals surface area contributed by atoms with Gasteiger partial charge < -0.3 is 27.8 Å². The molecule has 0 spiro atoms. The number of nitrogens with two attached hydrogens (primary N) is 3. The van der Waals surface area contributed by atoms with Crippen molar-refractivity contribution in [3.8, 4) is 0 Å². The molecule has 2 atom stereocenters. The highest BCUT2D eigenvalue weighted by Crippen LogP contribution is 2.27. The van der Waals surface area contributed by atoms with E-state index in [4.69, 9.17) is 17.2 Å². The minimum absolute atomic E-state index is 0.0718. The van der Waals surface area contributed by atoms with Crippen LogP contribution in [-0.2, 0) is 38.6 Å². The molecule has 46 heavy (non-hydrogen) atoms. The molecule has 0 aromatic heterocycles. The van der Waals surface area contributed by atoms with Gasteiger partial charge in [-0.1, -0.05) is 97.1 Å². The highest BCUT2D eigenvalue weighted by molar-refractivity contribution is 6.02. The summed E-state index contributed by atoms with van der Waals surface area (Å²) in [5, 5.41) is 5.83. The number of benzene rings is 4. The maximum atomic E-state index is 14.1. The molecule has 4 rings (SSSR count). The van der Waals surface area contributed by atoms with Crippen LogP contribution in [0.3, 0.4) is 0 Å². The van der Waals surface area contributed by atoms with Crippen LogP contribution in [-0.4, -0.2) is 41.5 Å². The minimum atomic E-state index is -1.32. The molecule has 0 bridgehead atoms. The predicted molar refractivity (Wildman–Crippen MR) is 177 cm³/mol. The maximum Gasteiger partial charge on any atom is 0.248 e. The van der Waals surface area contributed by atoms with Gasteiger partial charge in [-0.15, -0.1) is 0 Å². The van der Waals surface area contributed by atoms with Crippen molar-refractivity contribution in [2.24, 2.45) is 22.2 Å². The summed E-state index contributed by atoms with van der Waals surface area (Å²) in [7, 11) is 1.53. The molecule has 0 radical (unpaired) electrons. The fraction of sp³-hybridized carbons (Fsp3) is 0.171. The Hall–Kier alpha value is -5.81. The second kappa shape index (κ2) is 15.8. The zero-order valence-corrected chi connectivity index (χ0v) is 25.4. The monoisotopic (exact) mass is 619 g/mol. The van der Waals surface area contributed by atoms with Gasteiger partial charge >= 0.3 is 0 Å². The van der Waals surface area contributed by atoms with E-state index in [1.807, 2.05) is 12.1 Å². The molecule has 4 aromatic carbocycles. The lowest BCUT2D eigenvalue weighted by molar-refractivity contribution is -0.152. The molecule has 11 heteroatoms. The van der Waals surface area contributed by atoms with Crippen molar-refractivity contribution >= 4 is 35.3 Å². The highest BCUT2D eigenvalue weighted by Gasteiger charge is 2.36. The van der Waals surface area contributed by atoms with Gasteiger partial charge in [0.25, 0.3) is 0 Å². The first-order chi connectivity index (χ1) is 22.2. The summed E-state index contributed by atoms with van der Waals surface area (Å²) in [5.74, 6) is -2.16. The van der Waals surface area contributed by atoms with Crippen LogP contribution in [0.25, 0.3) is 0 Å². The SMILES string of the molecule is CN=C(N)Nc1cccc(C(C(=O)NCc2ccc(C(N)C(N)=O)cc2)N(C(=O)Cc2ccccc2)C(=O)Cc2ccccc2)c1. The zero-order chi connectivity index (χ0) is 33.1. The number of primary amides is 1. The Morgan fingerprint density at radius 1 is 0.717 bits per heavy atom.